The van der Waals surface area contributed by atoms with Crippen LogP contribution in [0.3, 0.4) is 0 Å². The minimum atomic E-state index is -4.57. The zero-order chi connectivity index (χ0) is 51.8. The topological polar surface area (TPSA) is 162 Å². The van der Waals surface area contributed by atoms with E-state index in [1.807, 2.05) is 21.9 Å². The van der Waals surface area contributed by atoms with Crippen LogP contribution >= 0.6 is 11.6 Å². The van der Waals surface area contributed by atoms with Crippen LogP contribution in [-0.4, -0.2) is 177 Å². The fourth-order valence-electron chi connectivity index (χ4n) is 7.98. The van der Waals surface area contributed by atoms with E-state index in [9.17, 15) is 26.3 Å². The molecule has 4 aromatic heterocycles. The van der Waals surface area contributed by atoms with Gasteiger partial charge < -0.3 is 58.5 Å². The van der Waals surface area contributed by atoms with Crippen LogP contribution in [0.2, 0.25) is 5.02 Å². The van der Waals surface area contributed by atoms with Crippen molar-refractivity contribution in [3.63, 3.8) is 0 Å². The maximum absolute atomic E-state index is 13.7. The van der Waals surface area contributed by atoms with E-state index < -0.39 is 41.8 Å². The summed E-state index contributed by atoms with van der Waals surface area (Å²) in [7, 11) is 2.30. The number of pyridine rings is 4. The largest absolute Gasteiger partial charge is 0.497 e. The van der Waals surface area contributed by atoms with Crippen molar-refractivity contribution in [3.05, 3.63) is 64.9 Å². The van der Waals surface area contributed by atoms with Gasteiger partial charge >= 0.3 is 19.5 Å². The quantitative estimate of drug-likeness (QED) is 0.0937. The molecule has 0 bridgehead atoms. The molecule has 0 aromatic carbocycles. The number of hydrogen-bond donors (Lipinski definition) is 1. The molecule has 0 aliphatic carbocycles. The number of aromatic nitrogens is 4. The number of rotatable bonds is 8. The standard InChI is InChI=1S/C19H22F3N5O2.C15H21BF3N3O2.C13H18ClN3O2.B/c20-19(21,22)15-11-16(23)24-12-14(15)13-9-17(26-1-5-28-6-2-26)25-18(10-13)27-3-7-29-8-4-27;1-13(2)14(3,4)24-16(23-13)11-8-20-12(21-9-22(5)6)7-10(11)15(17,18)19;14-11-9-12(16-1-5-18-6-2-16)15-13(10-11)17-3-7-19-8-4-17;/h9-12H,1-8H2,(H2,23,24);7-9H,1-6H3;9-10H,1-8H2;. The van der Waals surface area contributed by atoms with Crippen LogP contribution in [0.25, 0.3) is 11.1 Å². The molecule has 395 valence electrons. The number of ether oxygens (including phenoxy) is 4. The fraction of sp³-hybridized carbons (Fsp3) is 0.553. The molecule has 5 fully saturated rings. The van der Waals surface area contributed by atoms with Crippen LogP contribution in [0.4, 0.5) is 61.2 Å². The lowest BCUT2D eigenvalue weighted by atomic mass is 9.77. The molecule has 73 heavy (non-hydrogen) atoms. The normalized spacial score (nSPS) is 19.2. The Hall–Kier alpha value is -5.17. The lowest BCUT2D eigenvalue weighted by molar-refractivity contribution is -0.137. The Labute approximate surface area is 429 Å². The Kier molecular flexibility index (Phi) is 19.1. The highest BCUT2D eigenvalue weighted by Gasteiger charge is 2.54. The smallest absolute Gasteiger partial charge is 0.399 e. The van der Waals surface area contributed by atoms with E-state index in [1.54, 1.807) is 58.8 Å². The number of alkyl halides is 6. The van der Waals surface area contributed by atoms with E-state index in [4.69, 9.17) is 55.6 Å². The number of nitrogen functional groups attached to an aromatic ring is 1. The van der Waals surface area contributed by atoms with E-state index in [-0.39, 0.29) is 31.1 Å². The molecule has 0 saturated carbocycles. The number of halogens is 7. The predicted octanol–water partition coefficient (Wildman–Crippen LogP) is 6.07. The Morgan fingerprint density at radius 2 is 1.01 bits per heavy atom. The Morgan fingerprint density at radius 1 is 0.616 bits per heavy atom. The number of morpholine rings is 4. The van der Waals surface area contributed by atoms with Gasteiger partial charge in [0.2, 0.25) is 0 Å². The molecule has 5 saturated heterocycles. The maximum atomic E-state index is 13.7. The van der Waals surface area contributed by atoms with Crippen molar-refractivity contribution < 1.29 is 54.6 Å². The van der Waals surface area contributed by atoms with Crippen LogP contribution in [0.1, 0.15) is 38.8 Å². The number of nitrogens with two attached hydrogens (primary N) is 1. The summed E-state index contributed by atoms with van der Waals surface area (Å²) < 4.78 is 114. The molecule has 2 N–H and O–H groups in total. The first-order valence-electron chi connectivity index (χ1n) is 23.5. The van der Waals surface area contributed by atoms with Gasteiger partial charge in [-0.25, -0.2) is 24.9 Å². The second-order valence-corrected chi connectivity index (χ2v) is 19.0. The Morgan fingerprint density at radius 3 is 1.40 bits per heavy atom. The minimum Gasteiger partial charge on any atom is -0.399 e. The van der Waals surface area contributed by atoms with Crippen molar-refractivity contribution in [3.8, 4) is 11.1 Å². The molecular formula is C47H61B2ClF6N11O6. The summed E-state index contributed by atoms with van der Waals surface area (Å²) >= 11 is 6.23. The lowest BCUT2D eigenvalue weighted by Gasteiger charge is -2.32. The average molecular weight is 1050 g/mol. The van der Waals surface area contributed by atoms with E-state index in [2.05, 4.69) is 24.8 Å². The van der Waals surface area contributed by atoms with Crippen molar-refractivity contribution in [2.45, 2.75) is 51.2 Å². The predicted molar refractivity (Wildman–Crippen MR) is 271 cm³/mol. The fourth-order valence-corrected chi connectivity index (χ4v) is 8.18. The van der Waals surface area contributed by atoms with Gasteiger partial charge in [0.25, 0.3) is 0 Å². The van der Waals surface area contributed by atoms with Crippen molar-refractivity contribution in [2.24, 2.45) is 4.99 Å². The second kappa shape index (κ2) is 24.5. The molecule has 0 unspecified atom stereocenters. The molecular weight excluding hydrogens is 986 g/mol. The van der Waals surface area contributed by atoms with Crippen molar-refractivity contribution in [1.82, 2.24) is 24.8 Å². The van der Waals surface area contributed by atoms with Gasteiger partial charge in [-0.15, -0.1) is 0 Å². The van der Waals surface area contributed by atoms with Crippen LogP contribution < -0.4 is 30.8 Å². The molecule has 3 radical (unpaired) electrons. The van der Waals surface area contributed by atoms with E-state index in [0.717, 1.165) is 87.6 Å². The monoisotopic (exact) mass is 1050 g/mol. The highest BCUT2D eigenvalue weighted by Crippen LogP contribution is 2.41. The molecule has 26 heteroatoms. The molecule has 9 heterocycles. The van der Waals surface area contributed by atoms with Crippen LogP contribution in [-0.2, 0) is 40.6 Å². The summed E-state index contributed by atoms with van der Waals surface area (Å²) in [6, 6.07) is 8.99. The summed E-state index contributed by atoms with van der Waals surface area (Å²) in [5, 5.41) is 0.734. The summed E-state index contributed by atoms with van der Waals surface area (Å²) in [5.74, 6) is 2.93. The first-order valence-corrected chi connectivity index (χ1v) is 23.9. The number of anilines is 5. The highest BCUT2D eigenvalue weighted by atomic mass is 35.5. The molecule has 5 aliphatic heterocycles. The van der Waals surface area contributed by atoms with Crippen LogP contribution in [0, 0.1) is 0 Å². The van der Waals surface area contributed by atoms with E-state index in [1.165, 1.54) is 12.5 Å². The van der Waals surface area contributed by atoms with E-state index >= 15 is 0 Å². The number of nitrogens with zero attached hydrogens (tertiary/aromatic N) is 10. The lowest BCUT2D eigenvalue weighted by Crippen LogP contribution is -2.41. The van der Waals surface area contributed by atoms with Crippen molar-refractivity contribution in [2.75, 3.05) is 145 Å². The molecule has 0 spiro atoms. The zero-order valence-corrected chi connectivity index (χ0v) is 42.6. The average Bonchev–Trinajstić information content (AvgIpc) is 3.59. The molecule has 4 aromatic rings. The Balaban J connectivity index is 0.000000181. The zero-order valence-electron chi connectivity index (χ0n) is 41.8. The van der Waals surface area contributed by atoms with Gasteiger partial charge in [0.15, 0.2) is 5.82 Å². The third kappa shape index (κ3) is 15.0. The van der Waals surface area contributed by atoms with Gasteiger partial charge in [-0.05, 0) is 69.7 Å². The van der Waals surface area contributed by atoms with E-state index in [0.29, 0.717) is 69.8 Å². The number of aliphatic imine (C=N–C) groups is 1. The minimum absolute atomic E-state index is 0. The van der Waals surface area contributed by atoms with Gasteiger partial charge in [-0.2, -0.15) is 26.3 Å². The summed E-state index contributed by atoms with van der Waals surface area (Å²) in [6.07, 6.45) is -5.43. The highest BCUT2D eigenvalue weighted by molar-refractivity contribution is 6.62. The summed E-state index contributed by atoms with van der Waals surface area (Å²) in [6.45, 7) is 18.3. The maximum Gasteiger partial charge on any atom is 0.497 e. The van der Waals surface area contributed by atoms with Gasteiger partial charge in [-0.3, -0.25) is 0 Å². The van der Waals surface area contributed by atoms with Gasteiger partial charge in [-0.1, -0.05) is 11.6 Å². The molecule has 0 amide bonds. The molecule has 9 rings (SSSR count). The third-order valence-electron chi connectivity index (χ3n) is 12.6. The van der Waals surface area contributed by atoms with Crippen LogP contribution in [0.5, 0.6) is 0 Å². The van der Waals surface area contributed by atoms with Crippen LogP contribution in [0.15, 0.2) is 53.8 Å². The second-order valence-electron chi connectivity index (χ2n) is 18.5. The summed E-state index contributed by atoms with van der Waals surface area (Å²) in [5.41, 5.74) is 2.63. The van der Waals surface area contributed by atoms with Gasteiger partial charge in [0.1, 0.15) is 29.1 Å². The summed E-state index contributed by atoms with van der Waals surface area (Å²) in [4.78, 5) is 31.4. The molecule has 17 nitrogen and oxygen atoms in total. The Bertz CT molecular complexity index is 2390. The first kappa shape index (κ1) is 57.1. The van der Waals surface area contributed by atoms with Gasteiger partial charge in [0.05, 0.1) is 81.5 Å². The van der Waals surface area contributed by atoms with Crippen molar-refractivity contribution >= 4 is 73.8 Å². The number of hydrogen-bond acceptors (Lipinski definition) is 16. The SMILES string of the molecule is CN(C)C=Nc1cc(C(F)(F)F)c(B2OC(C)(C)C(C)(C)O2)cn1.Clc1cc(N2CCOCC2)nc(N2CCOCC2)c1.Nc1cc(C(F)(F)F)c(-c2cc(N3CCOCC3)nc(N3CCOCC3)c2)cn1.[B]. The van der Waals surface area contributed by atoms with Crippen molar-refractivity contribution in [1.29, 1.82) is 0 Å². The molecule has 5 aliphatic rings. The van der Waals surface area contributed by atoms with Gasteiger partial charge in [0, 0.05) is 103 Å². The third-order valence-corrected chi connectivity index (χ3v) is 12.8. The first-order chi connectivity index (χ1) is 34.1. The molecule has 0 atom stereocenters.